The lowest BCUT2D eigenvalue weighted by Gasteiger charge is -2.49. The molecule has 4 heterocycles. The third-order valence-electron chi connectivity index (χ3n) is 5.82. The average molecular weight is 401 g/mol. The lowest BCUT2D eigenvalue weighted by atomic mass is 9.71. The Balaban J connectivity index is 1.44. The molecule has 1 spiro atoms. The number of pyridine rings is 1. The number of aliphatic hydroxyl groups is 1. The molecule has 29 heavy (non-hydrogen) atoms. The highest BCUT2D eigenvalue weighted by Gasteiger charge is 2.43. The van der Waals surface area contributed by atoms with Gasteiger partial charge in [0.2, 0.25) is 5.95 Å². The van der Waals surface area contributed by atoms with E-state index < -0.39 is 11.9 Å². The van der Waals surface area contributed by atoms with E-state index in [1.165, 1.54) is 12.3 Å². The Morgan fingerprint density at radius 2 is 1.97 bits per heavy atom. The van der Waals surface area contributed by atoms with E-state index in [0.29, 0.717) is 37.8 Å². The molecule has 0 aliphatic carbocycles. The largest absolute Gasteiger partial charge is 0.494 e. The van der Waals surface area contributed by atoms with Crippen LogP contribution in [0.2, 0.25) is 0 Å². The number of amides is 1. The van der Waals surface area contributed by atoms with Crippen molar-refractivity contribution in [3.05, 3.63) is 42.2 Å². The van der Waals surface area contributed by atoms with Crippen LogP contribution in [0.25, 0.3) is 0 Å². The van der Waals surface area contributed by atoms with Crippen molar-refractivity contribution in [2.75, 3.05) is 38.2 Å². The predicted octanol–water partition coefficient (Wildman–Crippen LogP) is 1.51. The van der Waals surface area contributed by atoms with Crippen LogP contribution >= 0.6 is 0 Å². The second kappa shape index (κ2) is 7.90. The number of carbonyl (C=O) groups excluding carboxylic acids is 1. The SMILES string of the molecule is COc1cnc(N2CC(O)CC3(CCN(C(=O)c4cncc(F)c4)CC3)C2)nc1. The lowest BCUT2D eigenvalue weighted by molar-refractivity contribution is 0.0244. The molecule has 154 valence electrons. The molecule has 4 rings (SSSR count). The smallest absolute Gasteiger partial charge is 0.255 e. The summed E-state index contributed by atoms with van der Waals surface area (Å²) in [7, 11) is 1.56. The van der Waals surface area contributed by atoms with E-state index in [-0.39, 0.29) is 16.9 Å². The molecule has 2 aliphatic heterocycles. The van der Waals surface area contributed by atoms with Crippen LogP contribution in [0.5, 0.6) is 5.75 Å². The summed E-state index contributed by atoms with van der Waals surface area (Å²) in [5, 5.41) is 10.5. The number of aliphatic hydroxyl groups excluding tert-OH is 1. The first-order chi connectivity index (χ1) is 14.0. The Kier molecular flexibility index (Phi) is 5.31. The maximum Gasteiger partial charge on any atom is 0.255 e. The van der Waals surface area contributed by atoms with Crippen molar-refractivity contribution in [3.63, 3.8) is 0 Å². The monoisotopic (exact) mass is 401 g/mol. The summed E-state index contributed by atoms with van der Waals surface area (Å²) in [5.41, 5.74) is 0.149. The summed E-state index contributed by atoms with van der Waals surface area (Å²) < 4.78 is 18.5. The molecule has 1 N–H and O–H groups in total. The highest BCUT2D eigenvalue weighted by Crippen LogP contribution is 2.41. The first-order valence-electron chi connectivity index (χ1n) is 9.67. The fraction of sp³-hybridized carbons (Fsp3) is 0.500. The van der Waals surface area contributed by atoms with E-state index in [0.717, 1.165) is 25.6 Å². The van der Waals surface area contributed by atoms with Gasteiger partial charge in [-0.05, 0) is 30.7 Å². The van der Waals surface area contributed by atoms with Gasteiger partial charge in [0, 0.05) is 32.4 Å². The van der Waals surface area contributed by atoms with Crippen molar-refractivity contribution < 1.29 is 19.0 Å². The number of piperidine rings is 2. The zero-order valence-corrected chi connectivity index (χ0v) is 16.3. The van der Waals surface area contributed by atoms with Gasteiger partial charge in [0.05, 0.1) is 37.4 Å². The highest BCUT2D eigenvalue weighted by molar-refractivity contribution is 5.94. The Morgan fingerprint density at radius 1 is 1.24 bits per heavy atom. The third kappa shape index (κ3) is 4.14. The minimum atomic E-state index is -0.519. The van der Waals surface area contributed by atoms with E-state index in [2.05, 4.69) is 15.0 Å². The Hall–Kier alpha value is -2.81. The molecule has 2 saturated heterocycles. The van der Waals surface area contributed by atoms with E-state index in [9.17, 15) is 14.3 Å². The molecule has 1 amide bonds. The first kappa shape index (κ1) is 19.5. The van der Waals surface area contributed by atoms with Gasteiger partial charge in [-0.25, -0.2) is 14.4 Å². The van der Waals surface area contributed by atoms with Crippen molar-refractivity contribution >= 4 is 11.9 Å². The molecule has 9 heteroatoms. The first-order valence-corrected chi connectivity index (χ1v) is 9.67. The fourth-order valence-corrected chi connectivity index (χ4v) is 4.34. The maximum atomic E-state index is 13.4. The third-order valence-corrected chi connectivity index (χ3v) is 5.82. The molecular formula is C20H24FN5O3. The number of halogens is 1. The summed E-state index contributed by atoms with van der Waals surface area (Å²) in [6, 6.07) is 1.22. The van der Waals surface area contributed by atoms with Gasteiger partial charge in [0.15, 0.2) is 5.75 Å². The van der Waals surface area contributed by atoms with Crippen molar-refractivity contribution in [2.45, 2.75) is 25.4 Å². The molecule has 8 nitrogen and oxygen atoms in total. The van der Waals surface area contributed by atoms with Gasteiger partial charge < -0.3 is 19.6 Å². The van der Waals surface area contributed by atoms with Gasteiger partial charge in [-0.15, -0.1) is 0 Å². The minimum Gasteiger partial charge on any atom is -0.494 e. The molecule has 0 radical (unpaired) electrons. The lowest BCUT2D eigenvalue weighted by Crippen LogP contribution is -2.55. The molecule has 0 bridgehead atoms. The molecule has 0 aromatic carbocycles. The number of hydrogen-bond donors (Lipinski definition) is 1. The van der Waals surface area contributed by atoms with E-state index in [1.807, 2.05) is 4.90 Å². The van der Waals surface area contributed by atoms with Crippen LogP contribution in [0.15, 0.2) is 30.9 Å². The van der Waals surface area contributed by atoms with Gasteiger partial charge in [0.25, 0.3) is 5.91 Å². The summed E-state index contributed by atoms with van der Waals surface area (Å²) in [6.07, 6.45) is 7.42. The number of aromatic nitrogens is 3. The second-order valence-corrected chi connectivity index (χ2v) is 7.85. The zero-order valence-electron chi connectivity index (χ0n) is 16.3. The van der Waals surface area contributed by atoms with Crippen LogP contribution in [0.4, 0.5) is 10.3 Å². The normalized spacial score (nSPS) is 21.3. The van der Waals surface area contributed by atoms with Crippen molar-refractivity contribution in [2.24, 2.45) is 5.41 Å². The van der Waals surface area contributed by atoms with Gasteiger partial charge >= 0.3 is 0 Å². The topological polar surface area (TPSA) is 91.7 Å². The highest BCUT2D eigenvalue weighted by atomic mass is 19.1. The molecule has 1 atom stereocenters. The molecule has 1 unspecified atom stereocenters. The van der Waals surface area contributed by atoms with Crippen molar-refractivity contribution in [1.29, 1.82) is 0 Å². The maximum absolute atomic E-state index is 13.4. The minimum absolute atomic E-state index is 0.113. The number of ether oxygens (including phenoxy) is 1. The van der Waals surface area contributed by atoms with Crippen LogP contribution in [-0.2, 0) is 0 Å². The summed E-state index contributed by atoms with van der Waals surface area (Å²) in [5.74, 6) is 0.418. The van der Waals surface area contributed by atoms with Gasteiger partial charge in [-0.1, -0.05) is 0 Å². The fourth-order valence-electron chi connectivity index (χ4n) is 4.34. The van der Waals surface area contributed by atoms with Gasteiger partial charge in [-0.2, -0.15) is 0 Å². The van der Waals surface area contributed by atoms with Crippen LogP contribution in [0, 0.1) is 11.2 Å². The number of likely N-dealkylation sites (tertiary alicyclic amines) is 1. The van der Waals surface area contributed by atoms with Crippen LogP contribution in [-0.4, -0.2) is 70.3 Å². The van der Waals surface area contributed by atoms with Crippen LogP contribution < -0.4 is 9.64 Å². The van der Waals surface area contributed by atoms with Crippen molar-refractivity contribution in [3.8, 4) is 5.75 Å². The van der Waals surface area contributed by atoms with Gasteiger partial charge in [0.1, 0.15) is 5.82 Å². The molecule has 2 aromatic rings. The zero-order chi connectivity index (χ0) is 20.4. The number of nitrogens with zero attached hydrogens (tertiary/aromatic N) is 5. The molecule has 2 aliphatic rings. The number of hydrogen-bond acceptors (Lipinski definition) is 7. The second-order valence-electron chi connectivity index (χ2n) is 7.85. The quantitative estimate of drug-likeness (QED) is 0.834. The number of β-amino-alcohol motifs (C(OH)–C–C–N with tert-alkyl or cyclic N) is 1. The molecule has 0 saturated carbocycles. The van der Waals surface area contributed by atoms with E-state index >= 15 is 0 Å². The summed E-state index contributed by atoms with van der Waals surface area (Å²) in [6.45, 7) is 2.31. The number of methoxy groups -OCH3 is 1. The van der Waals surface area contributed by atoms with Gasteiger partial charge in [-0.3, -0.25) is 9.78 Å². The number of anilines is 1. The number of carbonyl (C=O) groups is 1. The molecular weight excluding hydrogens is 377 g/mol. The number of rotatable bonds is 3. The Labute approximate surface area is 168 Å². The average Bonchev–Trinajstić information content (AvgIpc) is 2.73. The molecule has 2 fully saturated rings. The summed E-state index contributed by atoms with van der Waals surface area (Å²) >= 11 is 0. The van der Waals surface area contributed by atoms with Crippen molar-refractivity contribution in [1.82, 2.24) is 19.9 Å². The Bertz CT molecular complexity index is 871. The Morgan fingerprint density at radius 3 is 2.62 bits per heavy atom. The molecule has 2 aromatic heterocycles. The van der Waals surface area contributed by atoms with Crippen LogP contribution in [0.1, 0.15) is 29.6 Å². The summed E-state index contributed by atoms with van der Waals surface area (Å²) in [4.78, 5) is 28.9. The standard InChI is InChI=1S/C20H24FN5O3/c1-29-17-10-23-19(24-11-17)26-12-16(27)7-20(13-26)2-4-25(5-3-20)18(28)14-6-15(21)9-22-8-14/h6,8-11,16,27H,2-5,7,12-13H2,1H3. The van der Waals surface area contributed by atoms with Crippen LogP contribution in [0.3, 0.4) is 0 Å². The van der Waals surface area contributed by atoms with E-state index in [1.54, 1.807) is 24.4 Å². The van der Waals surface area contributed by atoms with E-state index in [4.69, 9.17) is 4.74 Å². The predicted molar refractivity (Wildman–Crippen MR) is 103 cm³/mol.